The van der Waals surface area contributed by atoms with Gasteiger partial charge in [0.25, 0.3) is 5.91 Å². The Kier molecular flexibility index (Phi) is 4.44. The van der Waals surface area contributed by atoms with Crippen LogP contribution in [0, 0.1) is 17.1 Å². The molecule has 1 aromatic rings. The van der Waals surface area contributed by atoms with E-state index in [2.05, 4.69) is 21.2 Å². The zero-order valence-corrected chi connectivity index (χ0v) is 10.2. The van der Waals surface area contributed by atoms with Crippen LogP contribution in [0.15, 0.2) is 22.7 Å². The predicted molar refractivity (Wildman–Crippen MR) is 61.3 cm³/mol. The average molecular weight is 285 g/mol. The van der Waals surface area contributed by atoms with E-state index in [0.717, 1.165) is 6.07 Å². The molecule has 5 heteroatoms. The van der Waals surface area contributed by atoms with Gasteiger partial charge in [-0.1, -0.05) is 6.92 Å². The maximum atomic E-state index is 13.1. The number of carbonyl (C=O) groups is 1. The molecule has 0 spiro atoms. The quantitative estimate of drug-likeness (QED) is 0.928. The minimum atomic E-state index is -0.542. The Morgan fingerprint density at radius 3 is 2.88 bits per heavy atom. The number of nitrogens with one attached hydrogen (secondary N) is 1. The maximum Gasteiger partial charge on any atom is 0.252 e. The normalized spacial score (nSPS) is 11.6. The van der Waals surface area contributed by atoms with Crippen molar-refractivity contribution >= 4 is 21.8 Å². The standard InChI is InChI=1S/C11H10BrFN2O/c1-2-8(6-14)15-11(16)7-3-4-9(12)10(13)5-7/h3-5,8H,2H2,1H3,(H,15,16). The van der Waals surface area contributed by atoms with Crippen molar-refractivity contribution in [3.63, 3.8) is 0 Å². The van der Waals surface area contributed by atoms with E-state index in [4.69, 9.17) is 5.26 Å². The lowest BCUT2D eigenvalue weighted by molar-refractivity contribution is 0.0944. The lowest BCUT2D eigenvalue weighted by Gasteiger charge is -2.09. The van der Waals surface area contributed by atoms with Crippen molar-refractivity contribution in [2.45, 2.75) is 19.4 Å². The monoisotopic (exact) mass is 284 g/mol. The Labute approximate surface area is 101 Å². The molecule has 1 amide bonds. The summed E-state index contributed by atoms with van der Waals surface area (Å²) in [7, 11) is 0. The lowest BCUT2D eigenvalue weighted by atomic mass is 10.2. The molecule has 84 valence electrons. The summed E-state index contributed by atoms with van der Waals surface area (Å²) in [6, 6.07) is 5.48. The molecule has 1 rings (SSSR count). The molecule has 3 nitrogen and oxygen atoms in total. The molecule has 0 radical (unpaired) electrons. The van der Waals surface area contributed by atoms with Gasteiger partial charge in [0.2, 0.25) is 0 Å². The first kappa shape index (κ1) is 12.7. The first-order valence-corrected chi connectivity index (χ1v) is 5.53. The van der Waals surface area contributed by atoms with Gasteiger partial charge in [0.15, 0.2) is 0 Å². The van der Waals surface area contributed by atoms with Gasteiger partial charge in [0.05, 0.1) is 10.5 Å². The van der Waals surface area contributed by atoms with Gasteiger partial charge in [-0.15, -0.1) is 0 Å². The number of carbonyl (C=O) groups excluding carboxylic acids is 1. The number of amides is 1. The largest absolute Gasteiger partial charge is 0.336 e. The van der Waals surface area contributed by atoms with Gasteiger partial charge in [0.1, 0.15) is 11.9 Å². The molecule has 1 aromatic carbocycles. The number of hydrogen-bond acceptors (Lipinski definition) is 2. The van der Waals surface area contributed by atoms with Gasteiger partial charge in [-0.05, 0) is 40.5 Å². The predicted octanol–water partition coefficient (Wildman–Crippen LogP) is 2.62. The summed E-state index contributed by atoms with van der Waals surface area (Å²) >= 11 is 3.00. The molecule has 1 N–H and O–H groups in total. The van der Waals surface area contributed by atoms with Gasteiger partial charge in [-0.3, -0.25) is 4.79 Å². The van der Waals surface area contributed by atoms with E-state index in [1.54, 1.807) is 6.92 Å². The summed E-state index contributed by atoms with van der Waals surface area (Å²) in [6.07, 6.45) is 0.515. The highest BCUT2D eigenvalue weighted by atomic mass is 79.9. The van der Waals surface area contributed by atoms with Gasteiger partial charge in [-0.2, -0.15) is 5.26 Å². The molecular weight excluding hydrogens is 275 g/mol. The molecule has 0 aliphatic carbocycles. The summed E-state index contributed by atoms with van der Waals surface area (Å²) in [6.45, 7) is 1.79. The van der Waals surface area contributed by atoms with Crippen LogP contribution in [-0.4, -0.2) is 11.9 Å². The van der Waals surface area contributed by atoms with Crippen LogP contribution in [0.1, 0.15) is 23.7 Å². The molecule has 0 bridgehead atoms. The van der Waals surface area contributed by atoms with Crippen molar-refractivity contribution in [3.05, 3.63) is 34.1 Å². The van der Waals surface area contributed by atoms with Gasteiger partial charge in [-0.25, -0.2) is 4.39 Å². The third-order valence-corrected chi connectivity index (χ3v) is 2.69. The molecule has 0 fully saturated rings. The highest BCUT2D eigenvalue weighted by Crippen LogP contribution is 2.16. The molecule has 16 heavy (non-hydrogen) atoms. The molecule has 1 unspecified atom stereocenters. The molecule has 0 aliphatic heterocycles. The zero-order chi connectivity index (χ0) is 12.1. The number of rotatable bonds is 3. The molecule has 0 aromatic heterocycles. The molecular formula is C11H10BrFN2O. The third kappa shape index (κ3) is 3.04. The number of nitriles is 1. The van der Waals surface area contributed by atoms with Crippen molar-refractivity contribution in [1.82, 2.24) is 5.32 Å². The van der Waals surface area contributed by atoms with Crippen LogP contribution in [0.4, 0.5) is 4.39 Å². The van der Waals surface area contributed by atoms with Crippen LogP contribution >= 0.6 is 15.9 Å². The van der Waals surface area contributed by atoms with E-state index in [9.17, 15) is 9.18 Å². The van der Waals surface area contributed by atoms with Crippen molar-refractivity contribution in [2.75, 3.05) is 0 Å². The Bertz CT molecular complexity index is 442. The van der Waals surface area contributed by atoms with E-state index < -0.39 is 17.8 Å². The fourth-order valence-corrected chi connectivity index (χ4v) is 1.35. The van der Waals surface area contributed by atoms with Crippen LogP contribution < -0.4 is 5.32 Å². The van der Waals surface area contributed by atoms with E-state index in [0.29, 0.717) is 10.9 Å². The summed E-state index contributed by atoms with van der Waals surface area (Å²) in [5.41, 5.74) is 0.203. The smallest absolute Gasteiger partial charge is 0.252 e. The van der Waals surface area contributed by atoms with Gasteiger partial charge in [0, 0.05) is 5.56 Å². The zero-order valence-electron chi connectivity index (χ0n) is 8.63. The lowest BCUT2D eigenvalue weighted by Crippen LogP contribution is -2.33. The molecule has 0 saturated carbocycles. The van der Waals surface area contributed by atoms with Crippen molar-refractivity contribution in [1.29, 1.82) is 5.26 Å². The minimum absolute atomic E-state index is 0.203. The first-order valence-electron chi connectivity index (χ1n) is 4.74. The highest BCUT2D eigenvalue weighted by molar-refractivity contribution is 9.10. The molecule has 0 aliphatic rings. The first-order chi connectivity index (χ1) is 7.58. The summed E-state index contributed by atoms with van der Waals surface area (Å²) in [4.78, 5) is 11.6. The minimum Gasteiger partial charge on any atom is -0.336 e. The van der Waals surface area contributed by atoms with Crippen LogP contribution in [0.5, 0.6) is 0 Å². The molecule has 0 heterocycles. The SMILES string of the molecule is CCC(C#N)NC(=O)c1ccc(Br)c(F)c1. The fourth-order valence-electron chi connectivity index (χ4n) is 1.10. The topological polar surface area (TPSA) is 52.9 Å². The van der Waals surface area contributed by atoms with E-state index >= 15 is 0 Å². The van der Waals surface area contributed by atoms with Crippen molar-refractivity contribution < 1.29 is 9.18 Å². The second kappa shape index (κ2) is 5.61. The average Bonchev–Trinajstić information content (AvgIpc) is 2.29. The Balaban J connectivity index is 2.81. The fraction of sp³-hybridized carbons (Fsp3) is 0.273. The van der Waals surface area contributed by atoms with Crippen LogP contribution in [0.3, 0.4) is 0 Å². The number of nitrogens with zero attached hydrogens (tertiary/aromatic N) is 1. The number of benzene rings is 1. The van der Waals surface area contributed by atoms with Gasteiger partial charge < -0.3 is 5.32 Å². The summed E-state index contributed by atoms with van der Waals surface area (Å²) in [5, 5.41) is 11.2. The van der Waals surface area contributed by atoms with E-state index in [1.165, 1.54) is 12.1 Å². The van der Waals surface area contributed by atoms with Crippen molar-refractivity contribution in [2.24, 2.45) is 0 Å². The number of hydrogen-bond donors (Lipinski definition) is 1. The Morgan fingerprint density at radius 2 is 2.38 bits per heavy atom. The summed E-state index contributed by atoms with van der Waals surface area (Å²) in [5.74, 6) is -0.947. The van der Waals surface area contributed by atoms with Crippen molar-refractivity contribution in [3.8, 4) is 6.07 Å². The second-order valence-corrected chi connectivity index (χ2v) is 4.05. The second-order valence-electron chi connectivity index (χ2n) is 3.19. The molecule has 0 saturated heterocycles. The third-order valence-electron chi connectivity index (χ3n) is 2.05. The van der Waals surface area contributed by atoms with E-state index in [1.807, 2.05) is 6.07 Å². The Hall–Kier alpha value is -1.41. The highest BCUT2D eigenvalue weighted by Gasteiger charge is 2.12. The van der Waals surface area contributed by atoms with Crippen LogP contribution in [0.25, 0.3) is 0 Å². The Morgan fingerprint density at radius 1 is 1.69 bits per heavy atom. The van der Waals surface area contributed by atoms with Gasteiger partial charge >= 0.3 is 0 Å². The number of halogens is 2. The van der Waals surface area contributed by atoms with Crippen LogP contribution in [0.2, 0.25) is 0 Å². The molecule has 1 atom stereocenters. The maximum absolute atomic E-state index is 13.1. The van der Waals surface area contributed by atoms with Crippen LogP contribution in [-0.2, 0) is 0 Å². The summed E-state index contributed by atoms with van der Waals surface area (Å²) < 4.78 is 13.5. The van der Waals surface area contributed by atoms with E-state index in [-0.39, 0.29) is 5.56 Å².